The smallest absolute Gasteiger partial charge is 0.264 e. The number of hydrogen-bond acceptors (Lipinski definition) is 4. The van der Waals surface area contributed by atoms with Crippen LogP contribution in [0.2, 0.25) is 0 Å². The van der Waals surface area contributed by atoms with Crippen LogP contribution >= 0.6 is 0 Å². The maximum atomic E-state index is 13.4. The van der Waals surface area contributed by atoms with Crippen LogP contribution in [-0.4, -0.2) is 36.6 Å². The molecule has 0 radical (unpaired) electrons. The van der Waals surface area contributed by atoms with E-state index in [9.17, 15) is 4.79 Å². The van der Waals surface area contributed by atoms with Crippen LogP contribution in [0.25, 0.3) is 0 Å². The number of aromatic nitrogens is 1. The minimum atomic E-state index is -0.0306. The molecule has 0 unspecified atom stereocenters. The monoisotopic (exact) mass is 337 g/mol. The molecule has 0 N–H and O–H groups in total. The second kappa shape index (κ2) is 6.39. The van der Waals surface area contributed by atoms with Crippen molar-refractivity contribution in [2.75, 3.05) is 29.5 Å². The Morgan fingerprint density at radius 3 is 2.68 bits per heavy atom. The Hall–Kier alpha value is -2.56. The van der Waals surface area contributed by atoms with E-state index in [1.54, 1.807) is 6.20 Å². The molecule has 1 fully saturated rings. The zero-order valence-corrected chi connectivity index (χ0v) is 14.7. The molecule has 1 aromatic carbocycles. The van der Waals surface area contributed by atoms with Crippen LogP contribution in [0.5, 0.6) is 5.88 Å². The van der Waals surface area contributed by atoms with E-state index < -0.39 is 0 Å². The van der Waals surface area contributed by atoms with Crippen molar-refractivity contribution in [1.29, 1.82) is 0 Å². The van der Waals surface area contributed by atoms with E-state index in [1.165, 1.54) is 12.8 Å². The van der Waals surface area contributed by atoms with Crippen LogP contribution in [0.4, 0.5) is 11.4 Å². The first-order valence-electron chi connectivity index (χ1n) is 8.96. The van der Waals surface area contributed by atoms with Crippen LogP contribution in [0, 0.1) is 6.92 Å². The molecule has 0 spiro atoms. The zero-order chi connectivity index (χ0) is 17.4. The number of rotatable bonds is 4. The Morgan fingerprint density at radius 2 is 1.96 bits per heavy atom. The summed E-state index contributed by atoms with van der Waals surface area (Å²) in [4.78, 5) is 22.0. The summed E-state index contributed by atoms with van der Waals surface area (Å²) in [6.07, 6.45) is 4.19. The molecule has 2 aromatic rings. The Balaban J connectivity index is 1.73. The number of pyridine rings is 1. The fourth-order valence-electron chi connectivity index (χ4n) is 3.53. The van der Waals surface area contributed by atoms with Crippen LogP contribution in [0.15, 0.2) is 36.5 Å². The van der Waals surface area contributed by atoms with Crippen molar-refractivity contribution in [3.63, 3.8) is 0 Å². The van der Waals surface area contributed by atoms with Gasteiger partial charge in [0.25, 0.3) is 5.91 Å². The van der Waals surface area contributed by atoms with Gasteiger partial charge in [-0.15, -0.1) is 0 Å². The highest BCUT2D eigenvalue weighted by Crippen LogP contribution is 2.40. The van der Waals surface area contributed by atoms with Gasteiger partial charge in [-0.05, 0) is 50.5 Å². The molecule has 1 saturated carbocycles. The van der Waals surface area contributed by atoms with Gasteiger partial charge in [-0.25, -0.2) is 4.98 Å². The first-order valence-corrected chi connectivity index (χ1v) is 8.96. The Bertz CT molecular complexity index is 801. The third-order valence-corrected chi connectivity index (χ3v) is 4.90. The molecule has 1 amide bonds. The highest BCUT2D eigenvalue weighted by Gasteiger charge is 2.36. The van der Waals surface area contributed by atoms with Gasteiger partial charge in [0.1, 0.15) is 5.56 Å². The predicted octanol–water partition coefficient (Wildman–Crippen LogP) is 3.42. The number of carbonyl (C=O) groups is 1. The SMILES string of the molecule is CCOc1nccc(C)c1C(=O)N1CCN(C2CC2)c2ccccc21. The molecule has 5 nitrogen and oxygen atoms in total. The number of nitrogens with zero attached hydrogens (tertiary/aromatic N) is 3. The van der Waals surface area contributed by atoms with E-state index in [0.717, 1.165) is 23.5 Å². The van der Waals surface area contributed by atoms with Crippen molar-refractivity contribution >= 4 is 17.3 Å². The summed E-state index contributed by atoms with van der Waals surface area (Å²) >= 11 is 0. The van der Waals surface area contributed by atoms with Crippen LogP contribution < -0.4 is 14.5 Å². The molecule has 2 aliphatic rings. The minimum absolute atomic E-state index is 0.0306. The van der Waals surface area contributed by atoms with E-state index in [1.807, 2.05) is 43.0 Å². The molecule has 130 valence electrons. The standard InChI is InChI=1S/C20H23N3O2/c1-3-25-19-18(14(2)10-11-21-19)20(24)23-13-12-22(15-8-9-15)16-6-4-5-7-17(16)23/h4-7,10-11,15H,3,8-9,12-13H2,1-2H3. The first kappa shape index (κ1) is 15.9. The lowest BCUT2D eigenvalue weighted by atomic mass is 10.1. The van der Waals surface area contributed by atoms with E-state index >= 15 is 0 Å². The highest BCUT2D eigenvalue weighted by molar-refractivity contribution is 6.10. The van der Waals surface area contributed by atoms with Crippen LogP contribution in [0.3, 0.4) is 0 Å². The summed E-state index contributed by atoms with van der Waals surface area (Å²) in [5.41, 5.74) is 3.60. The normalized spacial score (nSPS) is 16.6. The lowest BCUT2D eigenvalue weighted by Gasteiger charge is -2.38. The molecule has 25 heavy (non-hydrogen) atoms. The van der Waals surface area contributed by atoms with Crippen molar-refractivity contribution in [2.45, 2.75) is 32.7 Å². The Labute approximate surface area is 148 Å². The van der Waals surface area contributed by atoms with Crippen molar-refractivity contribution in [2.24, 2.45) is 0 Å². The van der Waals surface area contributed by atoms with Gasteiger partial charge in [-0.1, -0.05) is 12.1 Å². The first-order chi connectivity index (χ1) is 12.2. The summed E-state index contributed by atoms with van der Waals surface area (Å²) in [6, 6.07) is 10.7. The largest absolute Gasteiger partial charge is 0.477 e. The topological polar surface area (TPSA) is 45.7 Å². The van der Waals surface area contributed by atoms with E-state index in [-0.39, 0.29) is 5.91 Å². The molecule has 1 aliphatic heterocycles. The van der Waals surface area contributed by atoms with Gasteiger partial charge < -0.3 is 14.5 Å². The summed E-state index contributed by atoms with van der Waals surface area (Å²) in [5.74, 6) is 0.395. The maximum absolute atomic E-state index is 13.4. The van der Waals surface area contributed by atoms with Gasteiger partial charge in [0.2, 0.25) is 5.88 Å². The molecule has 5 heteroatoms. The third kappa shape index (κ3) is 2.84. The number of para-hydroxylation sites is 2. The maximum Gasteiger partial charge on any atom is 0.264 e. The van der Waals surface area contributed by atoms with Crippen LogP contribution in [-0.2, 0) is 0 Å². The second-order valence-electron chi connectivity index (χ2n) is 6.61. The lowest BCUT2D eigenvalue weighted by molar-refractivity contribution is 0.0981. The second-order valence-corrected chi connectivity index (χ2v) is 6.61. The fourth-order valence-corrected chi connectivity index (χ4v) is 3.53. The Kier molecular flexibility index (Phi) is 4.07. The van der Waals surface area contributed by atoms with Crippen molar-refractivity contribution in [3.8, 4) is 5.88 Å². The predicted molar refractivity (Wildman–Crippen MR) is 98.6 cm³/mol. The number of fused-ring (bicyclic) bond motifs is 1. The number of amides is 1. The van der Waals surface area contributed by atoms with Gasteiger partial charge in [-0.2, -0.15) is 0 Å². The summed E-state index contributed by atoms with van der Waals surface area (Å²) in [5, 5.41) is 0. The van der Waals surface area contributed by atoms with Crippen molar-refractivity contribution < 1.29 is 9.53 Å². The third-order valence-electron chi connectivity index (χ3n) is 4.90. The molecule has 1 aromatic heterocycles. The Morgan fingerprint density at radius 1 is 1.20 bits per heavy atom. The molecular formula is C20H23N3O2. The minimum Gasteiger partial charge on any atom is -0.477 e. The van der Waals surface area contributed by atoms with Gasteiger partial charge in [-0.3, -0.25) is 4.79 Å². The van der Waals surface area contributed by atoms with Gasteiger partial charge in [0.05, 0.1) is 18.0 Å². The highest BCUT2D eigenvalue weighted by atomic mass is 16.5. The number of hydrogen-bond donors (Lipinski definition) is 0. The molecule has 2 heterocycles. The summed E-state index contributed by atoms with van der Waals surface area (Å²) < 4.78 is 5.62. The van der Waals surface area contributed by atoms with Gasteiger partial charge >= 0.3 is 0 Å². The summed E-state index contributed by atoms with van der Waals surface area (Å²) in [7, 11) is 0. The van der Waals surface area contributed by atoms with Gasteiger partial charge in [0, 0.05) is 25.3 Å². The van der Waals surface area contributed by atoms with E-state index in [0.29, 0.717) is 30.6 Å². The number of aryl methyl sites for hydroxylation is 1. The molecule has 0 saturated heterocycles. The van der Waals surface area contributed by atoms with Crippen LogP contribution in [0.1, 0.15) is 35.7 Å². The van der Waals surface area contributed by atoms with E-state index in [2.05, 4.69) is 16.0 Å². The lowest BCUT2D eigenvalue weighted by Crippen LogP contribution is -2.45. The number of ether oxygens (including phenoxy) is 1. The molecule has 0 bridgehead atoms. The van der Waals surface area contributed by atoms with Gasteiger partial charge in [0.15, 0.2) is 0 Å². The number of benzene rings is 1. The average Bonchev–Trinajstić information content (AvgIpc) is 3.46. The molecule has 4 rings (SSSR count). The number of anilines is 2. The van der Waals surface area contributed by atoms with Crippen molar-refractivity contribution in [3.05, 3.63) is 47.7 Å². The fraction of sp³-hybridized carbons (Fsp3) is 0.400. The molecule has 0 atom stereocenters. The molecular weight excluding hydrogens is 314 g/mol. The molecule has 1 aliphatic carbocycles. The zero-order valence-electron chi connectivity index (χ0n) is 14.7. The van der Waals surface area contributed by atoms with E-state index in [4.69, 9.17) is 4.74 Å². The van der Waals surface area contributed by atoms with Crippen molar-refractivity contribution in [1.82, 2.24) is 4.98 Å². The number of carbonyl (C=O) groups excluding carboxylic acids is 1. The average molecular weight is 337 g/mol. The summed E-state index contributed by atoms with van der Waals surface area (Å²) in [6.45, 7) is 5.89. The quantitative estimate of drug-likeness (QED) is 0.858.